The van der Waals surface area contributed by atoms with Crippen molar-refractivity contribution >= 4 is 23.4 Å². The molecule has 0 radical (unpaired) electrons. The van der Waals surface area contributed by atoms with Gasteiger partial charge in [0.25, 0.3) is 11.8 Å². The van der Waals surface area contributed by atoms with E-state index < -0.39 is 0 Å². The van der Waals surface area contributed by atoms with Crippen molar-refractivity contribution in [1.29, 1.82) is 0 Å². The zero-order chi connectivity index (χ0) is 25.0. The molecule has 0 aromatic heterocycles. The number of likely N-dealkylation sites (tertiary alicyclic amines) is 1. The summed E-state index contributed by atoms with van der Waals surface area (Å²) >= 11 is 5.99. The molecule has 3 aliphatic rings. The third-order valence-electron chi connectivity index (χ3n) is 8.05. The molecule has 192 valence electrons. The van der Waals surface area contributed by atoms with Crippen LogP contribution in [-0.4, -0.2) is 67.1 Å². The third-order valence-corrected chi connectivity index (χ3v) is 8.30. The number of piperidine rings is 1. The van der Waals surface area contributed by atoms with Gasteiger partial charge in [0.1, 0.15) is 5.75 Å². The lowest BCUT2D eigenvalue weighted by Crippen LogP contribution is -2.45. The molecule has 2 aromatic carbocycles. The third kappa shape index (κ3) is 5.55. The highest BCUT2D eigenvalue weighted by atomic mass is 35.5. The Morgan fingerprint density at radius 1 is 0.944 bits per heavy atom. The fourth-order valence-electron chi connectivity index (χ4n) is 5.78. The van der Waals surface area contributed by atoms with Crippen LogP contribution in [0.1, 0.15) is 65.7 Å². The molecule has 7 heteroatoms. The van der Waals surface area contributed by atoms with Crippen molar-refractivity contribution in [2.75, 3.05) is 39.5 Å². The first-order chi connectivity index (χ1) is 17.5. The molecule has 3 aliphatic heterocycles. The van der Waals surface area contributed by atoms with Gasteiger partial charge in [-0.3, -0.25) is 9.59 Å². The largest absolute Gasteiger partial charge is 0.492 e. The summed E-state index contributed by atoms with van der Waals surface area (Å²) in [5.74, 6) is 0.740. The lowest BCUT2D eigenvalue weighted by molar-refractivity contribution is 0.0303. The monoisotopic (exact) mass is 510 g/mol. The molecule has 2 aromatic rings. The van der Waals surface area contributed by atoms with E-state index in [1.807, 2.05) is 34.1 Å². The Labute approximate surface area is 218 Å². The van der Waals surface area contributed by atoms with E-state index in [4.69, 9.17) is 21.1 Å². The molecule has 0 bridgehead atoms. The molecule has 1 spiro atoms. The van der Waals surface area contributed by atoms with Gasteiger partial charge in [-0.15, -0.1) is 0 Å². The number of fused-ring (bicyclic) bond motifs is 2. The number of benzene rings is 2. The molecule has 1 atom stereocenters. The number of hydrogen-bond acceptors (Lipinski definition) is 4. The van der Waals surface area contributed by atoms with Crippen molar-refractivity contribution in [3.63, 3.8) is 0 Å². The number of nitrogens with zero attached hydrogens (tertiary/aromatic N) is 2. The SMILES string of the molecule is O=C(c1ccc(Cl)cc1)N1CCC2(CCCCOC[C@@H]3CCCN3C(=O)c3ccccc3OC2)CC1. The van der Waals surface area contributed by atoms with Gasteiger partial charge in [0.05, 0.1) is 24.8 Å². The fourth-order valence-corrected chi connectivity index (χ4v) is 5.91. The number of rotatable bonds is 1. The molecule has 3 heterocycles. The van der Waals surface area contributed by atoms with Gasteiger partial charge in [0.2, 0.25) is 0 Å². The van der Waals surface area contributed by atoms with Crippen LogP contribution in [0.15, 0.2) is 48.5 Å². The van der Waals surface area contributed by atoms with Crippen molar-refractivity contribution in [3.8, 4) is 5.75 Å². The van der Waals surface area contributed by atoms with E-state index in [0.717, 1.165) is 51.5 Å². The molecular formula is C29H35ClN2O4. The smallest absolute Gasteiger partial charge is 0.257 e. The maximum absolute atomic E-state index is 13.5. The average molecular weight is 511 g/mol. The van der Waals surface area contributed by atoms with Gasteiger partial charge in [0, 0.05) is 42.2 Å². The summed E-state index contributed by atoms with van der Waals surface area (Å²) in [6, 6.07) is 14.9. The number of halogens is 1. The molecule has 2 amide bonds. The van der Waals surface area contributed by atoms with Gasteiger partial charge in [-0.1, -0.05) is 30.2 Å². The first-order valence-corrected chi connectivity index (χ1v) is 13.6. The fraction of sp³-hybridized carbons (Fsp3) is 0.517. The molecule has 2 fully saturated rings. The lowest BCUT2D eigenvalue weighted by Gasteiger charge is -2.42. The van der Waals surface area contributed by atoms with Crippen LogP contribution >= 0.6 is 11.6 Å². The molecule has 0 aliphatic carbocycles. The molecular weight excluding hydrogens is 476 g/mol. The van der Waals surface area contributed by atoms with Crippen LogP contribution in [0.2, 0.25) is 5.02 Å². The zero-order valence-corrected chi connectivity index (χ0v) is 21.5. The Bertz CT molecular complexity index is 1070. The summed E-state index contributed by atoms with van der Waals surface area (Å²) in [6.45, 7) is 4.01. The molecule has 2 saturated heterocycles. The minimum Gasteiger partial charge on any atom is -0.492 e. The van der Waals surface area contributed by atoms with Gasteiger partial charge in [-0.2, -0.15) is 0 Å². The Kier molecular flexibility index (Phi) is 7.82. The molecule has 0 N–H and O–H groups in total. The normalized spacial score (nSPS) is 22.9. The van der Waals surface area contributed by atoms with E-state index in [-0.39, 0.29) is 23.3 Å². The predicted octanol–water partition coefficient (Wildman–Crippen LogP) is 5.45. The number of carbonyl (C=O) groups excluding carboxylic acids is 2. The van der Waals surface area contributed by atoms with Gasteiger partial charge in [0.15, 0.2) is 0 Å². The van der Waals surface area contributed by atoms with Crippen molar-refractivity contribution in [1.82, 2.24) is 9.80 Å². The number of ether oxygens (including phenoxy) is 2. The summed E-state index contributed by atoms with van der Waals surface area (Å²) in [7, 11) is 0. The summed E-state index contributed by atoms with van der Waals surface area (Å²) in [5, 5.41) is 0.629. The molecule has 6 nitrogen and oxygen atoms in total. The van der Waals surface area contributed by atoms with Crippen molar-refractivity contribution in [2.24, 2.45) is 5.41 Å². The van der Waals surface area contributed by atoms with E-state index in [9.17, 15) is 9.59 Å². The van der Waals surface area contributed by atoms with Crippen molar-refractivity contribution < 1.29 is 19.1 Å². The first kappa shape index (κ1) is 25.1. The van der Waals surface area contributed by atoms with Crippen LogP contribution in [-0.2, 0) is 4.74 Å². The lowest BCUT2D eigenvalue weighted by atomic mass is 9.75. The summed E-state index contributed by atoms with van der Waals surface area (Å²) in [4.78, 5) is 30.4. The molecule has 0 saturated carbocycles. The average Bonchev–Trinajstić information content (AvgIpc) is 3.38. The zero-order valence-electron chi connectivity index (χ0n) is 20.8. The van der Waals surface area contributed by atoms with Crippen LogP contribution in [0.3, 0.4) is 0 Å². The Morgan fingerprint density at radius 2 is 1.72 bits per heavy atom. The topological polar surface area (TPSA) is 59.1 Å². The van der Waals surface area contributed by atoms with Gasteiger partial charge < -0.3 is 19.3 Å². The van der Waals surface area contributed by atoms with Crippen LogP contribution in [0.5, 0.6) is 5.75 Å². The summed E-state index contributed by atoms with van der Waals surface area (Å²) < 4.78 is 12.5. The van der Waals surface area contributed by atoms with E-state index in [1.165, 1.54) is 0 Å². The van der Waals surface area contributed by atoms with E-state index in [0.29, 0.717) is 54.8 Å². The second-order valence-electron chi connectivity index (χ2n) is 10.4. The number of carbonyl (C=O) groups is 2. The maximum atomic E-state index is 13.5. The highest BCUT2D eigenvalue weighted by Crippen LogP contribution is 2.38. The highest BCUT2D eigenvalue weighted by Gasteiger charge is 2.37. The second kappa shape index (κ2) is 11.2. The predicted molar refractivity (Wildman–Crippen MR) is 140 cm³/mol. The van der Waals surface area contributed by atoms with E-state index in [1.54, 1.807) is 24.3 Å². The quantitative estimate of drug-likeness (QED) is 0.512. The Balaban J connectivity index is 1.31. The van der Waals surface area contributed by atoms with Gasteiger partial charge in [-0.05, 0) is 74.9 Å². The summed E-state index contributed by atoms with van der Waals surface area (Å²) in [6.07, 6.45) is 6.82. The molecule has 36 heavy (non-hydrogen) atoms. The van der Waals surface area contributed by atoms with Crippen molar-refractivity contribution in [3.05, 3.63) is 64.7 Å². The van der Waals surface area contributed by atoms with Gasteiger partial charge >= 0.3 is 0 Å². The van der Waals surface area contributed by atoms with E-state index >= 15 is 0 Å². The Morgan fingerprint density at radius 3 is 2.53 bits per heavy atom. The van der Waals surface area contributed by atoms with Crippen LogP contribution in [0.4, 0.5) is 0 Å². The second-order valence-corrected chi connectivity index (χ2v) is 10.8. The van der Waals surface area contributed by atoms with Crippen LogP contribution in [0.25, 0.3) is 0 Å². The molecule has 0 unspecified atom stereocenters. The van der Waals surface area contributed by atoms with Gasteiger partial charge in [-0.25, -0.2) is 0 Å². The summed E-state index contributed by atoms with van der Waals surface area (Å²) in [5.41, 5.74) is 1.27. The first-order valence-electron chi connectivity index (χ1n) is 13.2. The van der Waals surface area contributed by atoms with Crippen LogP contribution in [0, 0.1) is 5.41 Å². The molecule has 5 rings (SSSR count). The maximum Gasteiger partial charge on any atom is 0.257 e. The minimum atomic E-state index is -0.0345. The highest BCUT2D eigenvalue weighted by molar-refractivity contribution is 6.30. The number of hydrogen-bond donors (Lipinski definition) is 0. The minimum absolute atomic E-state index is 0.0335. The Hall–Kier alpha value is -2.57. The van der Waals surface area contributed by atoms with Crippen LogP contribution < -0.4 is 4.74 Å². The number of amides is 2. The van der Waals surface area contributed by atoms with E-state index in [2.05, 4.69) is 0 Å². The standard InChI is InChI=1S/C29H35ClN2O4/c30-23-11-9-22(10-12-23)27(33)31-17-14-29(15-18-31)13-3-4-19-35-20-24-6-5-16-32(24)28(34)25-7-1-2-8-26(25)36-21-29/h1-2,7-12,24H,3-6,13-21H2/t24-/m0/s1. The number of para-hydroxylation sites is 1. The van der Waals surface area contributed by atoms with Crippen molar-refractivity contribution in [2.45, 2.75) is 51.0 Å².